The summed E-state index contributed by atoms with van der Waals surface area (Å²) in [6, 6.07) is 12.0. The summed E-state index contributed by atoms with van der Waals surface area (Å²) < 4.78 is 5.40. The number of ether oxygens (including phenoxy) is 1. The summed E-state index contributed by atoms with van der Waals surface area (Å²) in [5, 5.41) is 3.67. The summed E-state index contributed by atoms with van der Waals surface area (Å²) in [6.07, 6.45) is 2.41. The van der Waals surface area contributed by atoms with Crippen LogP contribution in [0.15, 0.2) is 42.5 Å². The Labute approximate surface area is 192 Å². The topological polar surface area (TPSA) is 61.9 Å². The Balaban J connectivity index is 1.46. The van der Waals surface area contributed by atoms with Gasteiger partial charge in [-0.25, -0.2) is 0 Å². The van der Waals surface area contributed by atoms with Crippen LogP contribution < -0.4 is 10.2 Å². The van der Waals surface area contributed by atoms with E-state index in [0.29, 0.717) is 47.5 Å². The van der Waals surface area contributed by atoms with Crippen LogP contribution in [-0.2, 0) is 9.53 Å². The number of carbonyl (C=O) groups excluding carboxylic acids is 2. The fraction of sp³-hybridized carbons (Fsp3) is 0.391. The monoisotopic (exact) mass is 461 g/mol. The van der Waals surface area contributed by atoms with E-state index in [-0.39, 0.29) is 11.8 Å². The lowest BCUT2D eigenvalue weighted by molar-refractivity contribution is -0.121. The molecule has 0 radical (unpaired) electrons. The Bertz CT molecular complexity index is 946. The highest BCUT2D eigenvalue weighted by molar-refractivity contribution is 6.42. The summed E-state index contributed by atoms with van der Waals surface area (Å²) in [6.45, 7) is 3.67. The minimum Gasteiger partial charge on any atom is -0.378 e. The number of halogens is 2. The lowest BCUT2D eigenvalue weighted by Crippen LogP contribution is -2.50. The van der Waals surface area contributed by atoms with Crippen LogP contribution in [0.25, 0.3) is 0 Å². The van der Waals surface area contributed by atoms with Gasteiger partial charge in [0, 0.05) is 36.6 Å². The second-order valence-corrected chi connectivity index (χ2v) is 8.59. The molecule has 2 aliphatic rings. The van der Waals surface area contributed by atoms with Gasteiger partial charge in [-0.05, 0) is 61.7 Å². The SMILES string of the molecule is O=C(Nc1ccc(Cl)c(Cl)c1)C1CCCCN1C(=O)c1ccc(N2CCOCC2)cc1. The van der Waals surface area contributed by atoms with E-state index in [0.717, 1.165) is 31.6 Å². The molecule has 1 unspecified atom stereocenters. The minimum absolute atomic E-state index is 0.123. The molecule has 0 spiro atoms. The predicted octanol–water partition coefficient (Wildman–Crippen LogP) is 4.46. The summed E-state index contributed by atoms with van der Waals surface area (Å²) in [7, 11) is 0. The first-order chi connectivity index (χ1) is 15.0. The Morgan fingerprint density at radius 3 is 2.39 bits per heavy atom. The number of amides is 2. The van der Waals surface area contributed by atoms with Crippen molar-refractivity contribution in [3.05, 3.63) is 58.1 Å². The van der Waals surface area contributed by atoms with E-state index in [2.05, 4.69) is 10.2 Å². The van der Waals surface area contributed by atoms with E-state index in [4.69, 9.17) is 27.9 Å². The van der Waals surface area contributed by atoms with E-state index in [1.54, 1.807) is 23.1 Å². The number of nitrogens with one attached hydrogen (secondary N) is 1. The molecule has 0 saturated carbocycles. The zero-order chi connectivity index (χ0) is 21.8. The van der Waals surface area contributed by atoms with E-state index in [1.807, 2.05) is 24.3 Å². The molecule has 2 fully saturated rings. The van der Waals surface area contributed by atoms with Crippen LogP contribution in [-0.4, -0.2) is 55.6 Å². The largest absolute Gasteiger partial charge is 0.378 e. The molecule has 31 heavy (non-hydrogen) atoms. The van der Waals surface area contributed by atoms with Crippen LogP contribution in [0.5, 0.6) is 0 Å². The highest BCUT2D eigenvalue weighted by Crippen LogP contribution is 2.27. The van der Waals surface area contributed by atoms with Crippen molar-refractivity contribution < 1.29 is 14.3 Å². The number of morpholine rings is 1. The van der Waals surface area contributed by atoms with Crippen molar-refractivity contribution in [1.82, 2.24) is 4.90 Å². The van der Waals surface area contributed by atoms with Crippen LogP contribution in [0.3, 0.4) is 0 Å². The normalized spacial score (nSPS) is 19.2. The molecule has 2 aliphatic heterocycles. The minimum atomic E-state index is -0.519. The number of hydrogen-bond acceptors (Lipinski definition) is 4. The van der Waals surface area contributed by atoms with Crippen LogP contribution in [0.1, 0.15) is 29.6 Å². The first-order valence-electron chi connectivity index (χ1n) is 10.5. The Morgan fingerprint density at radius 1 is 0.935 bits per heavy atom. The number of hydrogen-bond donors (Lipinski definition) is 1. The van der Waals surface area contributed by atoms with Gasteiger partial charge in [0.05, 0.1) is 23.3 Å². The van der Waals surface area contributed by atoms with Gasteiger partial charge < -0.3 is 19.9 Å². The van der Waals surface area contributed by atoms with Gasteiger partial charge >= 0.3 is 0 Å². The summed E-state index contributed by atoms with van der Waals surface area (Å²) in [5.74, 6) is -0.334. The molecule has 1 N–H and O–H groups in total. The van der Waals surface area contributed by atoms with E-state index >= 15 is 0 Å². The lowest BCUT2D eigenvalue weighted by atomic mass is 9.99. The third-order valence-electron chi connectivity index (χ3n) is 5.74. The maximum Gasteiger partial charge on any atom is 0.254 e. The second-order valence-electron chi connectivity index (χ2n) is 7.77. The van der Waals surface area contributed by atoms with Crippen molar-refractivity contribution in [2.24, 2.45) is 0 Å². The van der Waals surface area contributed by atoms with Crippen molar-refractivity contribution in [3.63, 3.8) is 0 Å². The molecule has 4 rings (SSSR count). The third kappa shape index (κ3) is 5.14. The van der Waals surface area contributed by atoms with E-state index < -0.39 is 6.04 Å². The fourth-order valence-corrected chi connectivity index (χ4v) is 4.35. The molecule has 164 valence electrons. The van der Waals surface area contributed by atoms with Crippen molar-refractivity contribution in [3.8, 4) is 0 Å². The molecule has 8 heteroatoms. The van der Waals surface area contributed by atoms with Crippen molar-refractivity contribution in [2.75, 3.05) is 43.1 Å². The number of likely N-dealkylation sites (tertiary alicyclic amines) is 1. The Kier molecular flexibility index (Phi) is 7.00. The maximum absolute atomic E-state index is 13.2. The van der Waals surface area contributed by atoms with E-state index in [1.165, 1.54) is 0 Å². The Hall–Kier alpha value is -2.28. The molecular formula is C23H25Cl2N3O3. The zero-order valence-corrected chi connectivity index (χ0v) is 18.7. The highest BCUT2D eigenvalue weighted by atomic mass is 35.5. The first kappa shape index (κ1) is 21.9. The number of piperidine rings is 1. The Morgan fingerprint density at radius 2 is 1.68 bits per heavy atom. The van der Waals surface area contributed by atoms with Crippen LogP contribution in [0, 0.1) is 0 Å². The van der Waals surface area contributed by atoms with Gasteiger partial charge in [-0.1, -0.05) is 23.2 Å². The third-order valence-corrected chi connectivity index (χ3v) is 6.48. The van der Waals surface area contributed by atoms with Crippen LogP contribution >= 0.6 is 23.2 Å². The summed E-state index contributed by atoms with van der Waals surface area (Å²) in [4.78, 5) is 30.1. The molecular weight excluding hydrogens is 437 g/mol. The summed E-state index contributed by atoms with van der Waals surface area (Å²) >= 11 is 12.0. The van der Waals surface area contributed by atoms with Gasteiger partial charge in [-0.15, -0.1) is 0 Å². The predicted molar refractivity (Wildman–Crippen MR) is 123 cm³/mol. The number of carbonyl (C=O) groups is 2. The average molecular weight is 462 g/mol. The molecule has 2 aromatic carbocycles. The van der Waals surface area contributed by atoms with Crippen LogP contribution in [0.4, 0.5) is 11.4 Å². The molecule has 0 bridgehead atoms. The van der Waals surface area contributed by atoms with Crippen molar-refractivity contribution >= 4 is 46.4 Å². The molecule has 0 aromatic heterocycles. The van der Waals surface area contributed by atoms with Gasteiger partial charge in [0.1, 0.15) is 6.04 Å². The molecule has 2 amide bonds. The number of anilines is 2. The molecule has 2 saturated heterocycles. The maximum atomic E-state index is 13.2. The van der Waals surface area contributed by atoms with Gasteiger partial charge in [0.15, 0.2) is 0 Å². The van der Waals surface area contributed by atoms with Crippen molar-refractivity contribution in [1.29, 1.82) is 0 Å². The molecule has 2 aromatic rings. The van der Waals surface area contributed by atoms with E-state index in [9.17, 15) is 9.59 Å². The van der Waals surface area contributed by atoms with Gasteiger partial charge in [-0.3, -0.25) is 9.59 Å². The lowest BCUT2D eigenvalue weighted by Gasteiger charge is -2.35. The molecule has 1 atom stereocenters. The number of rotatable bonds is 4. The molecule has 6 nitrogen and oxygen atoms in total. The number of benzene rings is 2. The smallest absolute Gasteiger partial charge is 0.254 e. The van der Waals surface area contributed by atoms with Gasteiger partial charge in [0.2, 0.25) is 5.91 Å². The van der Waals surface area contributed by atoms with Gasteiger partial charge in [-0.2, -0.15) is 0 Å². The average Bonchev–Trinajstić information content (AvgIpc) is 2.81. The van der Waals surface area contributed by atoms with Crippen molar-refractivity contribution in [2.45, 2.75) is 25.3 Å². The number of nitrogens with zero attached hydrogens (tertiary/aromatic N) is 2. The molecule has 0 aliphatic carbocycles. The second kappa shape index (κ2) is 9.90. The van der Waals surface area contributed by atoms with Crippen LogP contribution in [0.2, 0.25) is 10.0 Å². The van der Waals surface area contributed by atoms with Gasteiger partial charge in [0.25, 0.3) is 5.91 Å². The quantitative estimate of drug-likeness (QED) is 0.729. The zero-order valence-electron chi connectivity index (χ0n) is 17.2. The summed E-state index contributed by atoms with van der Waals surface area (Å²) in [5.41, 5.74) is 2.23. The molecule has 2 heterocycles. The fourth-order valence-electron chi connectivity index (χ4n) is 4.05. The standard InChI is InChI=1S/C23H25Cl2N3O3/c24-19-9-6-17(15-20(19)25)26-22(29)21-3-1-2-10-28(21)23(30)16-4-7-18(8-5-16)27-11-13-31-14-12-27/h4-9,15,21H,1-3,10-14H2,(H,26,29). The highest BCUT2D eigenvalue weighted by Gasteiger charge is 2.32. The first-order valence-corrected chi connectivity index (χ1v) is 11.3.